The van der Waals surface area contributed by atoms with Crippen molar-refractivity contribution in [3.05, 3.63) is 214 Å². The number of rotatable bonds is 4. The van der Waals surface area contributed by atoms with Crippen LogP contribution in [0.4, 0.5) is 0 Å². The largest absolute Gasteiger partial charge is 0.457 e. The molecule has 52 heavy (non-hydrogen) atoms. The number of amidine groups is 1. The highest BCUT2D eigenvalue weighted by Crippen LogP contribution is 2.62. The summed E-state index contributed by atoms with van der Waals surface area (Å²) in [5.74, 6) is 2.57. The Morgan fingerprint density at radius 2 is 1.19 bits per heavy atom. The van der Waals surface area contributed by atoms with Gasteiger partial charge in [0.15, 0.2) is 0 Å². The Morgan fingerprint density at radius 3 is 1.94 bits per heavy atom. The van der Waals surface area contributed by atoms with E-state index < -0.39 is 5.41 Å². The molecule has 0 fully saturated rings. The number of nitriles is 1. The van der Waals surface area contributed by atoms with Crippen LogP contribution in [0.3, 0.4) is 0 Å². The number of aliphatic imine (C=N–C) groups is 1. The fraction of sp³-hybridized carbons (Fsp3) is 0.0638. The molecule has 10 rings (SSSR count). The highest BCUT2D eigenvalue weighted by Gasteiger charge is 2.51. The van der Waals surface area contributed by atoms with Crippen LogP contribution in [0.1, 0.15) is 56.8 Å². The molecule has 5 nitrogen and oxygen atoms in total. The van der Waals surface area contributed by atoms with Crippen LogP contribution in [0.5, 0.6) is 11.5 Å². The van der Waals surface area contributed by atoms with Crippen molar-refractivity contribution >= 4 is 5.84 Å². The van der Waals surface area contributed by atoms with Crippen LogP contribution in [-0.2, 0) is 5.41 Å². The summed E-state index contributed by atoms with van der Waals surface area (Å²) >= 11 is 0. The third-order valence-corrected chi connectivity index (χ3v) is 10.7. The standard InChI is InChI=1S/C47H32N4O/c48-29-30-11-10-14-34(27-30)31-21-23-33(24-22-31)45-49-44(32-12-2-1-3-13-32)50-46(51-45)35-25-26-37-36-15-4-5-16-38(36)47(41(37)28-35)39-17-6-8-19-42(39)52-43-20-9-7-18-40(43)47/h1-28,44-45,49H,(H,50,51). The Kier molecular flexibility index (Phi) is 6.92. The van der Waals surface area contributed by atoms with E-state index in [1.54, 1.807) is 0 Å². The molecule has 7 aromatic rings. The molecule has 5 heteroatoms. The summed E-state index contributed by atoms with van der Waals surface area (Å²) in [7, 11) is 0. The Hall–Kier alpha value is -6.74. The lowest BCUT2D eigenvalue weighted by Crippen LogP contribution is -2.45. The second-order valence-electron chi connectivity index (χ2n) is 13.5. The van der Waals surface area contributed by atoms with Gasteiger partial charge in [-0.2, -0.15) is 5.26 Å². The monoisotopic (exact) mass is 668 g/mol. The van der Waals surface area contributed by atoms with E-state index in [1.165, 1.54) is 22.3 Å². The van der Waals surface area contributed by atoms with Gasteiger partial charge < -0.3 is 10.1 Å². The first kappa shape index (κ1) is 30.1. The van der Waals surface area contributed by atoms with E-state index in [0.717, 1.165) is 56.3 Å². The van der Waals surface area contributed by atoms with E-state index in [9.17, 15) is 5.26 Å². The lowest BCUT2D eigenvalue weighted by molar-refractivity contribution is 0.409. The molecule has 7 aromatic carbocycles. The van der Waals surface area contributed by atoms with Crippen LogP contribution < -0.4 is 15.4 Å². The Morgan fingerprint density at radius 1 is 0.538 bits per heavy atom. The second-order valence-corrected chi connectivity index (χ2v) is 13.5. The summed E-state index contributed by atoms with van der Waals surface area (Å²) in [5.41, 5.74) is 12.6. The highest BCUT2D eigenvalue weighted by molar-refractivity contribution is 6.01. The van der Waals surface area contributed by atoms with Gasteiger partial charge in [-0.3, -0.25) is 5.32 Å². The SMILES string of the molecule is N#Cc1cccc(-c2ccc(C3NC(c4ccc5c(c4)C4(c6ccccc6Oc6ccccc64)c4ccccc4-5)=NC(c4ccccc4)N3)cc2)c1. The Balaban J connectivity index is 1.11. The Bertz CT molecular complexity index is 2540. The second kappa shape index (κ2) is 11.9. The van der Waals surface area contributed by atoms with Crippen molar-refractivity contribution in [2.24, 2.45) is 4.99 Å². The normalized spacial score (nSPS) is 17.3. The van der Waals surface area contributed by atoms with Crippen molar-refractivity contribution in [2.75, 3.05) is 0 Å². The minimum absolute atomic E-state index is 0.207. The zero-order valence-corrected chi connectivity index (χ0v) is 28.1. The maximum Gasteiger partial charge on any atom is 0.132 e. The molecule has 2 atom stereocenters. The third-order valence-electron chi connectivity index (χ3n) is 10.7. The van der Waals surface area contributed by atoms with Crippen LogP contribution in [0, 0.1) is 11.3 Å². The number of ether oxygens (including phenoxy) is 1. The van der Waals surface area contributed by atoms with Gasteiger partial charge in [0.25, 0.3) is 0 Å². The molecule has 1 spiro atoms. The predicted molar refractivity (Wildman–Crippen MR) is 205 cm³/mol. The van der Waals surface area contributed by atoms with E-state index in [4.69, 9.17) is 9.73 Å². The average Bonchev–Trinajstić information content (AvgIpc) is 3.51. The minimum atomic E-state index is -0.558. The van der Waals surface area contributed by atoms with Gasteiger partial charge in [0.2, 0.25) is 0 Å². The minimum Gasteiger partial charge on any atom is -0.457 e. The molecule has 2 heterocycles. The van der Waals surface area contributed by atoms with Gasteiger partial charge in [-0.05, 0) is 74.8 Å². The Labute approximate surface area is 302 Å². The number of hydrogen-bond acceptors (Lipinski definition) is 5. The summed E-state index contributed by atoms with van der Waals surface area (Å²) < 4.78 is 6.56. The molecule has 2 unspecified atom stereocenters. The van der Waals surface area contributed by atoms with Crippen molar-refractivity contribution in [3.8, 4) is 39.8 Å². The van der Waals surface area contributed by atoms with Gasteiger partial charge in [-0.25, -0.2) is 4.99 Å². The smallest absolute Gasteiger partial charge is 0.132 e. The molecule has 2 aliphatic heterocycles. The number of para-hydroxylation sites is 2. The molecule has 0 aromatic heterocycles. The quantitative estimate of drug-likeness (QED) is 0.196. The summed E-state index contributed by atoms with van der Waals surface area (Å²) in [6, 6.07) is 61.4. The number of fused-ring (bicyclic) bond motifs is 9. The van der Waals surface area contributed by atoms with Crippen molar-refractivity contribution < 1.29 is 4.74 Å². The lowest BCUT2D eigenvalue weighted by Gasteiger charge is -2.39. The van der Waals surface area contributed by atoms with E-state index in [1.807, 2.05) is 42.5 Å². The zero-order valence-electron chi connectivity index (χ0n) is 28.1. The summed E-state index contributed by atoms with van der Waals surface area (Å²) in [6.07, 6.45) is -0.473. The van der Waals surface area contributed by atoms with Crippen molar-refractivity contribution in [3.63, 3.8) is 0 Å². The van der Waals surface area contributed by atoms with Gasteiger partial charge in [0.05, 0.1) is 17.0 Å². The molecule has 0 amide bonds. The molecular weight excluding hydrogens is 637 g/mol. The molecule has 2 N–H and O–H groups in total. The number of nitrogens with zero attached hydrogens (tertiary/aromatic N) is 2. The molecule has 3 aliphatic rings. The molecule has 0 radical (unpaired) electrons. The maximum atomic E-state index is 9.43. The predicted octanol–water partition coefficient (Wildman–Crippen LogP) is 10.0. The van der Waals surface area contributed by atoms with Crippen LogP contribution in [0.25, 0.3) is 22.3 Å². The van der Waals surface area contributed by atoms with Crippen molar-refractivity contribution in [2.45, 2.75) is 17.7 Å². The van der Waals surface area contributed by atoms with E-state index in [2.05, 4.69) is 144 Å². The van der Waals surface area contributed by atoms with Crippen LogP contribution in [-0.4, -0.2) is 5.84 Å². The summed E-state index contributed by atoms with van der Waals surface area (Å²) in [6.45, 7) is 0. The molecule has 0 saturated carbocycles. The molecule has 1 aliphatic carbocycles. The van der Waals surface area contributed by atoms with Crippen LogP contribution in [0.15, 0.2) is 175 Å². The average molecular weight is 669 g/mol. The topological polar surface area (TPSA) is 69.4 Å². The maximum absolute atomic E-state index is 9.43. The first-order valence-electron chi connectivity index (χ1n) is 17.6. The van der Waals surface area contributed by atoms with Crippen molar-refractivity contribution in [1.29, 1.82) is 5.26 Å². The lowest BCUT2D eigenvalue weighted by atomic mass is 9.66. The highest BCUT2D eigenvalue weighted by atomic mass is 16.5. The number of benzene rings is 7. The molecule has 0 bridgehead atoms. The van der Waals surface area contributed by atoms with E-state index in [-0.39, 0.29) is 12.3 Å². The van der Waals surface area contributed by atoms with Gasteiger partial charge >= 0.3 is 0 Å². The van der Waals surface area contributed by atoms with E-state index >= 15 is 0 Å². The first-order chi connectivity index (χ1) is 25.7. The van der Waals surface area contributed by atoms with Crippen LogP contribution in [0.2, 0.25) is 0 Å². The molecule has 0 saturated heterocycles. The fourth-order valence-corrected chi connectivity index (χ4v) is 8.32. The van der Waals surface area contributed by atoms with Gasteiger partial charge in [-0.1, -0.05) is 140 Å². The molecule has 246 valence electrons. The van der Waals surface area contributed by atoms with Crippen molar-refractivity contribution in [1.82, 2.24) is 10.6 Å². The van der Waals surface area contributed by atoms with E-state index in [0.29, 0.717) is 5.56 Å². The number of hydrogen-bond donors (Lipinski definition) is 2. The van der Waals surface area contributed by atoms with Gasteiger partial charge in [0.1, 0.15) is 29.7 Å². The third kappa shape index (κ3) is 4.62. The zero-order chi connectivity index (χ0) is 34.6. The summed E-state index contributed by atoms with van der Waals surface area (Å²) in [5, 5.41) is 17.0. The van der Waals surface area contributed by atoms with Gasteiger partial charge in [-0.15, -0.1) is 0 Å². The first-order valence-corrected chi connectivity index (χ1v) is 17.6. The molecular formula is C47H32N4O. The van der Waals surface area contributed by atoms with Crippen LogP contribution >= 0.6 is 0 Å². The number of nitrogens with one attached hydrogen (secondary N) is 2. The van der Waals surface area contributed by atoms with Gasteiger partial charge in [0, 0.05) is 16.7 Å². The summed E-state index contributed by atoms with van der Waals surface area (Å²) in [4.78, 5) is 5.32. The fourth-order valence-electron chi connectivity index (χ4n) is 8.32.